The molecule has 150 valence electrons. The van der Waals surface area contributed by atoms with Crippen LogP contribution in [0.5, 0.6) is 0 Å². The molecule has 1 N–H and O–H groups in total. The predicted octanol–water partition coefficient (Wildman–Crippen LogP) is 3.61. The van der Waals surface area contributed by atoms with Crippen LogP contribution in [0.1, 0.15) is 28.8 Å². The van der Waals surface area contributed by atoms with E-state index in [1.165, 1.54) is 51.6 Å². The predicted molar refractivity (Wildman–Crippen MR) is 112 cm³/mol. The molecule has 28 heavy (non-hydrogen) atoms. The Balaban J connectivity index is 0.000000169. The van der Waals surface area contributed by atoms with Gasteiger partial charge in [-0.3, -0.25) is 0 Å². The molecule has 2 aliphatic heterocycles. The van der Waals surface area contributed by atoms with Crippen LogP contribution in [-0.2, 0) is 15.9 Å². The molecule has 0 amide bonds. The Labute approximate surface area is 167 Å². The first-order valence-electron chi connectivity index (χ1n) is 9.90. The van der Waals surface area contributed by atoms with Crippen LogP contribution >= 0.6 is 0 Å². The van der Waals surface area contributed by atoms with Crippen molar-refractivity contribution in [1.82, 2.24) is 4.90 Å². The van der Waals surface area contributed by atoms with E-state index in [0.717, 1.165) is 12.3 Å². The standard InChI is InChI=1S/C14H19NO.C9H11NO2/c1-2-4-13(5-3-1)6-9-15-10-7-14(8-11-15)12-16-14;1-10-8-5-3-7(4-6-8)9(11)12-2/h1-5H,6-12H2;3-6,10H,1-2H3. The number of nitrogens with zero attached hydrogens (tertiary/aromatic N) is 1. The van der Waals surface area contributed by atoms with Gasteiger partial charge < -0.3 is 19.7 Å². The largest absolute Gasteiger partial charge is 0.465 e. The van der Waals surface area contributed by atoms with Gasteiger partial charge in [-0.1, -0.05) is 30.3 Å². The average Bonchev–Trinajstić information content (AvgIpc) is 3.53. The van der Waals surface area contributed by atoms with E-state index in [-0.39, 0.29) is 5.97 Å². The number of likely N-dealkylation sites (tertiary alicyclic amines) is 1. The second-order valence-electron chi connectivity index (χ2n) is 7.37. The Bertz CT molecular complexity index is 732. The minimum absolute atomic E-state index is 0.308. The number of methoxy groups -OCH3 is 1. The molecule has 0 unspecified atom stereocenters. The van der Waals surface area contributed by atoms with Crippen molar-refractivity contribution in [2.24, 2.45) is 0 Å². The highest BCUT2D eigenvalue weighted by atomic mass is 16.6. The van der Waals surface area contributed by atoms with E-state index in [4.69, 9.17) is 4.74 Å². The summed E-state index contributed by atoms with van der Waals surface area (Å²) >= 11 is 0. The zero-order valence-electron chi connectivity index (χ0n) is 16.8. The number of piperidine rings is 1. The summed E-state index contributed by atoms with van der Waals surface area (Å²) in [7, 11) is 3.20. The number of hydrogen-bond donors (Lipinski definition) is 1. The van der Waals surface area contributed by atoms with Crippen molar-refractivity contribution in [3.05, 3.63) is 65.7 Å². The van der Waals surface area contributed by atoms with Gasteiger partial charge in [-0.25, -0.2) is 4.79 Å². The smallest absolute Gasteiger partial charge is 0.337 e. The number of ether oxygens (including phenoxy) is 2. The molecule has 2 fully saturated rings. The molecule has 0 bridgehead atoms. The van der Waals surface area contributed by atoms with Crippen LogP contribution in [0.4, 0.5) is 5.69 Å². The Hall–Kier alpha value is -2.37. The maximum absolute atomic E-state index is 11.0. The molecule has 0 aromatic heterocycles. The summed E-state index contributed by atoms with van der Waals surface area (Å²) in [5, 5.41) is 2.96. The summed E-state index contributed by atoms with van der Waals surface area (Å²) in [6, 6.07) is 17.9. The number of carbonyl (C=O) groups is 1. The molecule has 5 heteroatoms. The van der Waals surface area contributed by atoms with Crippen molar-refractivity contribution >= 4 is 11.7 Å². The lowest BCUT2D eigenvalue weighted by atomic mass is 9.97. The topological polar surface area (TPSA) is 54.1 Å². The SMILES string of the molecule is CNc1ccc(C(=O)OC)cc1.c1ccc(CCN2CCC3(CC2)CO3)cc1. The van der Waals surface area contributed by atoms with Crippen LogP contribution in [0, 0.1) is 0 Å². The third-order valence-corrected chi connectivity index (χ3v) is 5.47. The number of nitrogens with one attached hydrogen (secondary N) is 1. The Morgan fingerprint density at radius 2 is 1.75 bits per heavy atom. The molecule has 1 spiro atoms. The van der Waals surface area contributed by atoms with Gasteiger partial charge in [-0.05, 0) is 49.1 Å². The highest BCUT2D eigenvalue weighted by molar-refractivity contribution is 5.89. The highest BCUT2D eigenvalue weighted by Gasteiger charge is 2.46. The molecule has 2 heterocycles. The second kappa shape index (κ2) is 9.71. The summed E-state index contributed by atoms with van der Waals surface area (Å²) in [6.07, 6.45) is 3.65. The molecule has 0 saturated carbocycles. The van der Waals surface area contributed by atoms with Gasteiger partial charge in [0.15, 0.2) is 0 Å². The molecular weight excluding hydrogens is 352 g/mol. The zero-order valence-corrected chi connectivity index (χ0v) is 16.8. The van der Waals surface area contributed by atoms with Crippen molar-refractivity contribution in [3.8, 4) is 0 Å². The fourth-order valence-corrected chi connectivity index (χ4v) is 3.40. The van der Waals surface area contributed by atoms with Crippen LogP contribution in [-0.4, -0.2) is 56.9 Å². The van der Waals surface area contributed by atoms with Crippen molar-refractivity contribution < 1.29 is 14.3 Å². The molecule has 2 saturated heterocycles. The lowest BCUT2D eigenvalue weighted by molar-refractivity contribution is 0.0601. The summed E-state index contributed by atoms with van der Waals surface area (Å²) in [6.45, 7) is 4.64. The molecule has 2 aromatic carbocycles. The Morgan fingerprint density at radius 1 is 1.11 bits per heavy atom. The van der Waals surface area contributed by atoms with Crippen LogP contribution in [0.2, 0.25) is 0 Å². The number of anilines is 1. The molecule has 2 aliphatic rings. The number of carbonyl (C=O) groups excluding carboxylic acids is 1. The maximum atomic E-state index is 11.0. The number of benzene rings is 2. The Morgan fingerprint density at radius 3 is 2.29 bits per heavy atom. The molecule has 5 nitrogen and oxygen atoms in total. The van der Waals surface area contributed by atoms with E-state index in [1.54, 1.807) is 12.1 Å². The normalized spacial score (nSPS) is 17.4. The highest BCUT2D eigenvalue weighted by Crippen LogP contribution is 2.37. The Kier molecular flexibility index (Phi) is 7.06. The summed E-state index contributed by atoms with van der Waals surface area (Å²) < 4.78 is 10.1. The van der Waals surface area contributed by atoms with Crippen LogP contribution in [0.15, 0.2) is 54.6 Å². The fourth-order valence-electron chi connectivity index (χ4n) is 3.40. The van der Waals surface area contributed by atoms with Gasteiger partial charge in [0, 0.05) is 32.4 Å². The summed E-state index contributed by atoms with van der Waals surface area (Å²) in [4.78, 5) is 13.5. The third-order valence-electron chi connectivity index (χ3n) is 5.47. The zero-order chi connectivity index (χ0) is 19.8. The van der Waals surface area contributed by atoms with Crippen molar-refractivity contribution in [2.45, 2.75) is 24.9 Å². The molecule has 4 rings (SSSR count). The quantitative estimate of drug-likeness (QED) is 0.632. The molecule has 0 aliphatic carbocycles. The van der Waals surface area contributed by atoms with E-state index in [9.17, 15) is 4.79 Å². The van der Waals surface area contributed by atoms with E-state index in [0.29, 0.717) is 11.2 Å². The number of esters is 1. The molecule has 2 aromatic rings. The van der Waals surface area contributed by atoms with Crippen LogP contribution in [0.25, 0.3) is 0 Å². The average molecular weight is 383 g/mol. The van der Waals surface area contributed by atoms with Crippen LogP contribution < -0.4 is 5.32 Å². The molecule has 0 atom stereocenters. The van der Waals surface area contributed by atoms with E-state index < -0.39 is 0 Å². The second-order valence-corrected chi connectivity index (χ2v) is 7.37. The first kappa shape index (κ1) is 20.4. The van der Waals surface area contributed by atoms with E-state index in [2.05, 4.69) is 45.3 Å². The first-order chi connectivity index (χ1) is 13.6. The van der Waals surface area contributed by atoms with Crippen LogP contribution in [0.3, 0.4) is 0 Å². The van der Waals surface area contributed by atoms with E-state index in [1.807, 2.05) is 19.2 Å². The monoisotopic (exact) mass is 382 g/mol. The molecule has 0 radical (unpaired) electrons. The minimum atomic E-state index is -0.308. The van der Waals surface area contributed by atoms with Crippen molar-refractivity contribution in [3.63, 3.8) is 0 Å². The van der Waals surface area contributed by atoms with Crippen molar-refractivity contribution in [2.75, 3.05) is 45.7 Å². The fraction of sp³-hybridized carbons (Fsp3) is 0.435. The lowest BCUT2D eigenvalue weighted by Gasteiger charge is -2.30. The number of epoxide rings is 1. The van der Waals surface area contributed by atoms with Gasteiger partial charge in [-0.2, -0.15) is 0 Å². The lowest BCUT2D eigenvalue weighted by Crippen LogP contribution is -2.38. The summed E-state index contributed by atoms with van der Waals surface area (Å²) in [5.41, 5.74) is 3.31. The van der Waals surface area contributed by atoms with Gasteiger partial charge in [0.25, 0.3) is 0 Å². The first-order valence-corrected chi connectivity index (χ1v) is 9.90. The van der Waals surface area contributed by atoms with Gasteiger partial charge in [0.05, 0.1) is 24.9 Å². The third kappa shape index (κ3) is 5.81. The molecular formula is C23H30N2O3. The van der Waals surface area contributed by atoms with Gasteiger partial charge in [0.1, 0.15) is 0 Å². The minimum Gasteiger partial charge on any atom is -0.465 e. The maximum Gasteiger partial charge on any atom is 0.337 e. The van der Waals surface area contributed by atoms with Gasteiger partial charge in [-0.15, -0.1) is 0 Å². The van der Waals surface area contributed by atoms with Gasteiger partial charge in [0.2, 0.25) is 0 Å². The van der Waals surface area contributed by atoms with Crippen molar-refractivity contribution in [1.29, 1.82) is 0 Å². The summed E-state index contributed by atoms with van der Waals surface area (Å²) in [5.74, 6) is -0.308. The number of hydrogen-bond acceptors (Lipinski definition) is 5. The van der Waals surface area contributed by atoms with Gasteiger partial charge >= 0.3 is 5.97 Å². The van der Waals surface area contributed by atoms with E-state index >= 15 is 0 Å². The number of rotatable bonds is 5.